The van der Waals surface area contributed by atoms with Gasteiger partial charge in [0.2, 0.25) is 5.95 Å². The Kier molecular flexibility index (Phi) is 4.37. The molecule has 0 fully saturated rings. The van der Waals surface area contributed by atoms with Crippen LogP contribution >= 0.6 is 0 Å². The third-order valence-corrected chi connectivity index (χ3v) is 2.45. The highest BCUT2D eigenvalue weighted by Gasteiger charge is 2.15. The number of pyridine rings is 1. The Bertz CT molecular complexity index is 371. The summed E-state index contributed by atoms with van der Waals surface area (Å²) in [6, 6.07) is 3.85. The molecule has 0 spiro atoms. The summed E-state index contributed by atoms with van der Waals surface area (Å²) in [5, 5.41) is 11.6. The molecule has 0 aromatic carbocycles. The van der Waals surface area contributed by atoms with Crippen LogP contribution in [0.2, 0.25) is 0 Å². The van der Waals surface area contributed by atoms with E-state index in [1.165, 1.54) is 18.2 Å². The van der Waals surface area contributed by atoms with E-state index >= 15 is 0 Å². The van der Waals surface area contributed by atoms with Crippen LogP contribution in [0.4, 0.5) is 4.39 Å². The summed E-state index contributed by atoms with van der Waals surface area (Å²) in [5.74, 6) is -1.18. The quantitative estimate of drug-likeness (QED) is 0.752. The number of rotatable bonds is 4. The molecule has 0 saturated carbocycles. The molecule has 2 N–H and O–H groups in total. The Balaban J connectivity index is 2.66. The third-order valence-electron chi connectivity index (χ3n) is 2.45. The largest absolute Gasteiger partial charge is 0.396 e. The minimum absolute atomic E-state index is 0.0158. The van der Waals surface area contributed by atoms with Crippen LogP contribution in [0.5, 0.6) is 0 Å². The predicted molar refractivity (Wildman–Crippen MR) is 57.4 cm³/mol. The minimum Gasteiger partial charge on any atom is -0.396 e. The maximum absolute atomic E-state index is 12.8. The van der Waals surface area contributed by atoms with Crippen LogP contribution < -0.4 is 5.32 Å². The van der Waals surface area contributed by atoms with Crippen molar-refractivity contribution < 1.29 is 14.3 Å². The molecule has 16 heavy (non-hydrogen) atoms. The Morgan fingerprint density at radius 3 is 2.81 bits per heavy atom. The van der Waals surface area contributed by atoms with E-state index in [1.54, 1.807) is 6.92 Å². The molecule has 1 aromatic rings. The number of hydrogen-bond donors (Lipinski definition) is 2. The number of carbonyl (C=O) groups is 1. The zero-order valence-electron chi connectivity index (χ0n) is 9.27. The number of aromatic nitrogens is 1. The number of hydrogen-bond acceptors (Lipinski definition) is 3. The van der Waals surface area contributed by atoms with Crippen LogP contribution in [0.1, 0.15) is 24.3 Å². The number of carbonyl (C=O) groups excluding carboxylic acids is 1. The van der Waals surface area contributed by atoms with Gasteiger partial charge in [0.25, 0.3) is 5.91 Å². The molecule has 1 heterocycles. The number of nitrogens with zero attached hydrogens (tertiary/aromatic N) is 1. The smallest absolute Gasteiger partial charge is 0.270 e. The maximum atomic E-state index is 12.8. The lowest BCUT2D eigenvalue weighted by Gasteiger charge is -2.18. The van der Waals surface area contributed by atoms with E-state index in [9.17, 15) is 9.18 Å². The molecule has 0 radical (unpaired) electrons. The normalized spacial score (nSPS) is 14.2. The summed E-state index contributed by atoms with van der Waals surface area (Å²) in [5.41, 5.74) is 0.0389. The van der Waals surface area contributed by atoms with E-state index in [0.717, 1.165) is 0 Å². The van der Waals surface area contributed by atoms with Crippen molar-refractivity contribution in [2.75, 3.05) is 6.61 Å². The highest BCUT2D eigenvalue weighted by Crippen LogP contribution is 2.03. The van der Waals surface area contributed by atoms with Crippen LogP contribution in [0.25, 0.3) is 0 Å². The molecule has 0 saturated heterocycles. The standard InChI is InChI=1S/C11H15FN2O2/c1-7(6-15)8(2)13-11(16)9-4-3-5-10(12)14-9/h3-5,7-8,15H,6H2,1-2H3,(H,13,16). The molecule has 0 aliphatic carbocycles. The van der Waals surface area contributed by atoms with Gasteiger partial charge >= 0.3 is 0 Å². The number of halogens is 1. The molecule has 0 aliphatic heterocycles. The Labute approximate surface area is 93.5 Å². The van der Waals surface area contributed by atoms with Gasteiger partial charge in [-0.25, -0.2) is 4.98 Å². The fourth-order valence-corrected chi connectivity index (χ4v) is 1.12. The van der Waals surface area contributed by atoms with E-state index < -0.39 is 11.9 Å². The van der Waals surface area contributed by atoms with Gasteiger partial charge in [0.1, 0.15) is 5.69 Å². The number of amides is 1. The highest BCUT2D eigenvalue weighted by atomic mass is 19.1. The molecular weight excluding hydrogens is 211 g/mol. The van der Waals surface area contributed by atoms with Gasteiger partial charge in [-0.3, -0.25) is 4.79 Å². The summed E-state index contributed by atoms with van der Waals surface area (Å²) >= 11 is 0. The van der Waals surface area contributed by atoms with Gasteiger partial charge in [-0.05, 0) is 25.0 Å². The zero-order chi connectivity index (χ0) is 12.1. The fraction of sp³-hybridized carbons (Fsp3) is 0.455. The van der Waals surface area contributed by atoms with Gasteiger partial charge in [-0.15, -0.1) is 0 Å². The lowest BCUT2D eigenvalue weighted by molar-refractivity contribution is 0.0910. The maximum Gasteiger partial charge on any atom is 0.270 e. The second kappa shape index (κ2) is 5.55. The zero-order valence-corrected chi connectivity index (χ0v) is 9.27. The molecule has 2 atom stereocenters. The van der Waals surface area contributed by atoms with Crippen molar-refractivity contribution in [2.45, 2.75) is 19.9 Å². The van der Waals surface area contributed by atoms with E-state index in [0.29, 0.717) is 0 Å². The van der Waals surface area contributed by atoms with E-state index in [4.69, 9.17) is 5.11 Å². The van der Waals surface area contributed by atoms with Gasteiger partial charge in [0, 0.05) is 12.6 Å². The predicted octanol–water partition coefficient (Wildman–Crippen LogP) is 0.967. The number of aliphatic hydroxyl groups excluding tert-OH is 1. The molecular formula is C11H15FN2O2. The van der Waals surface area contributed by atoms with Crippen molar-refractivity contribution in [1.29, 1.82) is 0 Å². The van der Waals surface area contributed by atoms with Gasteiger partial charge in [-0.1, -0.05) is 13.0 Å². The molecule has 0 bridgehead atoms. The van der Waals surface area contributed by atoms with Crippen molar-refractivity contribution >= 4 is 5.91 Å². The summed E-state index contributed by atoms with van der Waals surface area (Å²) in [7, 11) is 0. The lowest BCUT2D eigenvalue weighted by Crippen LogP contribution is -2.38. The molecule has 1 aromatic heterocycles. The number of nitrogens with one attached hydrogen (secondary N) is 1. The second-order valence-corrected chi connectivity index (χ2v) is 3.77. The van der Waals surface area contributed by atoms with Crippen molar-refractivity contribution in [3.05, 3.63) is 29.8 Å². The first-order chi connectivity index (χ1) is 7.54. The van der Waals surface area contributed by atoms with Crippen molar-refractivity contribution in [3.8, 4) is 0 Å². The Morgan fingerprint density at radius 1 is 1.56 bits per heavy atom. The van der Waals surface area contributed by atoms with Crippen LogP contribution in [-0.4, -0.2) is 28.6 Å². The summed E-state index contributed by atoms with van der Waals surface area (Å²) in [6.45, 7) is 3.57. The highest BCUT2D eigenvalue weighted by molar-refractivity contribution is 5.92. The van der Waals surface area contributed by atoms with Crippen molar-refractivity contribution in [2.24, 2.45) is 5.92 Å². The SMILES string of the molecule is CC(CO)C(C)NC(=O)c1cccc(F)n1. The molecule has 1 amide bonds. The van der Waals surface area contributed by atoms with E-state index in [1.807, 2.05) is 6.92 Å². The third kappa shape index (κ3) is 3.27. The molecule has 5 heteroatoms. The Hall–Kier alpha value is -1.49. The average Bonchev–Trinajstić information content (AvgIpc) is 2.27. The topological polar surface area (TPSA) is 62.2 Å². The first-order valence-electron chi connectivity index (χ1n) is 5.09. The summed E-state index contributed by atoms with van der Waals surface area (Å²) in [4.78, 5) is 15.1. The van der Waals surface area contributed by atoms with Crippen molar-refractivity contribution in [1.82, 2.24) is 10.3 Å². The molecule has 2 unspecified atom stereocenters. The van der Waals surface area contributed by atoms with E-state index in [-0.39, 0.29) is 24.3 Å². The lowest BCUT2D eigenvalue weighted by atomic mass is 10.1. The molecule has 88 valence electrons. The first kappa shape index (κ1) is 12.6. The van der Waals surface area contributed by atoms with Crippen molar-refractivity contribution in [3.63, 3.8) is 0 Å². The first-order valence-corrected chi connectivity index (χ1v) is 5.09. The van der Waals surface area contributed by atoms with Gasteiger partial charge in [-0.2, -0.15) is 4.39 Å². The van der Waals surface area contributed by atoms with Crippen LogP contribution in [-0.2, 0) is 0 Å². The second-order valence-electron chi connectivity index (χ2n) is 3.77. The van der Waals surface area contributed by atoms with Gasteiger partial charge in [0.05, 0.1) is 0 Å². The average molecular weight is 226 g/mol. The minimum atomic E-state index is -0.685. The van der Waals surface area contributed by atoms with Crippen LogP contribution in [0, 0.1) is 11.9 Å². The number of aliphatic hydroxyl groups is 1. The molecule has 0 aliphatic rings. The molecule has 4 nitrogen and oxygen atoms in total. The fourth-order valence-electron chi connectivity index (χ4n) is 1.12. The van der Waals surface area contributed by atoms with Gasteiger partial charge in [0.15, 0.2) is 0 Å². The summed E-state index contributed by atoms with van der Waals surface area (Å²) in [6.07, 6.45) is 0. The van der Waals surface area contributed by atoms with Crippen LogP contribution in [0.3, 0.4) is 0 Å². The monoisotopic (exact) mass is 226 g/mol. The van der Waals surface area contributed by atoms with E-state index in [2.05, 4.69) is 10.3 Å². The van der Waals surface area contributed by atoms with Gasteiger partial charge < -0.3 is 10.4 Å². The van der Waals surface area contributed by atoms with Crippen LogP contribution in [0.15, 0.2) is 18.2 Å². The molecule has 1 rings (SSSR count). The Morgan fingerprint density at radius 2 is 2.25 bits per heavy atom. The summed E-state index contributed by atoms with van der Waals surface area (Å²) < 4.78 is 12.8.